The highest BCUT2D eigenvalue weighted by molar-refractivity contribution is 5.59. The van der Waals surface area contributed by atoms with Gasteiger partial charge in [0, 0.05) is 11.7 Å². The Labute approximate surface area is 138 Å². The van der Waals surface area contributed by atoms with E-state index in [1.807, 2.05) is 18.2 Å². The number of anilines is 1. The van der Waals surface area contributed by atoms with Gasteiger partial charge in [0.2, 0.25) is 0 Å². The molecular weight excluding hydrogens is 313 g/mol. The third kappa shape index (κ3) is 2.57. The Morgan fingerprint density at radius 2 is 1.75 bits per heavy atom. The summed E-state index contributed by atoms with van der Waals surface area (Å²) in [5, 5.41) is 3.46. The first-order valence-electron chi connectivity index (χ1n) is 8.21. The molecule has 3 N–H and O–H groups in total. The van der Waals surface area contributed by atoms with Crippen molar-refractivity contribution in [1.82, 2.24) is 0 Å². The maximum absolute atomic E-state index is 13.1. The molecule has 0 unspecified atom stereocenters. The van der Waals surface area contributed by atoms with E-state index in [9.17, 15) is 13.2 Å². The number of rotatable bonds is 1. The molecule has 4 atom stereocenters. The summed E-state index contributed by atoms with van der Waals surface area (Å²) in [6, 6.07) is 14.2. The average Bonchev–Trinajstić information content (AvgIpc) is 2.95. The fraction of sp³-hybridized carbons (Fsp3) is 0.368. The zero-order valence-electron chi connectivity index (χ0n) is 13.1. The van der Waals surface area contributed by atoms with Crippen LogP contribution in [0.3, 0.4) is 0 Å². The molecule has 0 bridgehead atoms. The Morgan fingerprint density at radius 3 is 2.46 bits per heavy atom. The summed E-state index contributed by atoms with van der Waals surface area (Å²) in [4.78, 5) is 0. The number of hydrogen-bond donors (Lipinski definition) is 2. The molecule has 126 valence electrons. The van der Waals surface area contributed by atoms with Crippen molar-refractivity contribution in [2.75, 3.05) is 5.32 Å². The average molecular weight is 332 g/mol. The molecule has 2 aliphatic rings. The molecule has 2 nitrogen and oxygen atoms in total. The van der Waals surface area contributed by atoms with Crippen molar-refractivity contribution in [3.05, 3.63) is 65.2 Å². The topological polar surface area (TPSA) is 38.0 Å². The van der Waals surface area contributed by atoms with Crippen LogP contribution in [0.1, 0.15) is 41.5 Å². The summed E-state index contributed by atoms with van der Waals surface area (Å²) in [5.74, 6) is 0.294. The smallest absolute Gasteiger partial charge is 0.378 e. The van der Waals surface area contributed by atoms with E-state index in [1.54, 1.807) is 6.07 Å². The number of fused-ring (bicyclic) bond motifs is 3. The summed E-state index contributed by atoms with van der Waals surface area (Å²) in [7, 11) is 0. The number of benzene rings is 2. The van der Waals surface area contributed by atoms with Crippen molar-refractivity contribution in [3.8, 4) is 0 Å². The monoisotopic (exact) mass is 332 g/mol. The largest absolute Gasteiger partial charge is 0.416 e. The molecule has 1 aliphatic heterocycles. The maximum Gasteiger partial charge on any atom is 0.416 e. The molecule has 1 fully saturated rings. The van der Waals surface area contributed by atoms with Crippen LogP contribution in [-0.4, -0.2) is 6.04 Å². The van der Waals surface area contributed by atoms with Crippen molar-refractivity contribution >= 4 is 5.69 Å². The summed E-state index contributed by atoms with van der Waals surface area (Å²) in [6.07, 6.45) is -2.75. The molecule has 0 amide bonds. The van der Waals surface area contributed by atoms with Crippen LogP contribution in [0.2, 0.25) is 0 Å². The molecule has 1 aliphatic carbocycles. The van der Waals surface area contributed by atoms with Crippen molar-refractivity contribution in [3.63, 3.8) is 0 Å². The summed E-state index contributed by atoms with van der Waals surface area (Å²) < 4.78 is 39.2. The minimum atomic E-state index is -4.32. The van der Waals surface area contributed by atoms with Crippen LogP contribution < -0.4 is 11.1 Å². The highest BCUT2D eigenvalue weighted by Crippen LogP contribution is 2.53. The van der Waals surface area contributed by atoms with Gasteiger partial charge >= 0.3 is 6.18 Å². The van der Waals surface area contributed by atoms with Gasteiger partial charge in [-0.05, 0) is 54.0 Å². The van der Waals surface area contributed by atoms with E-state index in [0.717, 1.165) is 35.7 Å². The van der Waals surface area contributed by atoms with E-state index in [2.05, 4.69) is 17.4 Å². The second kappa shape index (κ2) is 5.52. The number of halogens is 3. The quantitative estimate of drug-likeness (QED) is 0.795. The zero-order chi connectivity index (χ0) is 16.9. The van der Waals surface area contributed by atoms with Gasteiger partial charge in [0.15, 0.2) is 0 Å². The van der Waals surface area contributed by atoms with Gasteiger partial charge in [-0.25, -0.2) is 0 Å². The van der Waals surface area contributed by atoms with Crippen molar-refractivity contribution in [1.29, 1.82) is 0 Å². The summed E-state index contributed by atoms with van der Waals surface area (Å²) in [6.45, 7) is 0. The van der Waals surface area contributed by atoms with Gasteiger partial charge in [0.25, 0.3) is 0 Å². The lowest BCUT2D eigenvalue weighted by molar-refractivity contribution is -0.137. The van der Waals surface area contributed by atoms with Crippen LogP contribution in [0.15, 0.2) is 48.5 Å². The Balaban J connectivity index is 1.78. The predicted molar refractivity (Wildman–Crippen MR) is 87.7 cm³/mol. The van der Waals surface area contributed by atoms with Crippen molar-refractivity contribution < 1.29 is 13.2 Å². The molecule has 4 rings (SSSR count). The highest BCUT2D eigenvalue weighted by Gasteiger charge is 2.44. The minimum Gasteiger partial charge on any atom is -0.378 e. The zero-order valence-corrected chi connectivity index (χ0v) is 13.1. The van der Waals surface area contributed by atoms with Crippen LogP contribution in [0.5, 0.6) is 0 Å². The Bertz CT molecular complexity index is 742. The first-order valence-corrected chi connectivity index (χ1v) is 8.21. The molecule has 1 heterocycles. The van der Waals surface area contributed by atoms with Crippen LogP contribution in [0, 0.1) is 5.92 Å². The van der Waals surface area contributed by atoms with Gasteiger partial charge in [0.05, 0.1) is 11.6 Å². The lowest BCUT2D eigenvalue weighted by Gasteiger charge is -2.38. The summed E-state index contributed by atoms with van der Waals surface area (Å²) >= 11 is 0. The highest BCUT2D eigenvalue weighted by atomic mass is 19.4. The van der Waals surface area contributed by atoms with E-state index in [-0.39, 0.29) is 23.9 Å². The third-order valence-corrected chi connectivity index (χ3v) is 5.32. The van der Waals surface area contributed by atoms with Gasteiger partial charge in [-0.3, -0.25) is 0 Å². The first-order chi connectivity index (χ1) is 11.4. The summed E-state index contributed by atoms with van der Waals surface area (Å²) in [5.41, 5.74) is 8.30. The minimum absolute atomic E-state index is 0.0357. The van der Waals surface area contributed by atoms with Crippen LogP contribution in [0.4, 0.5) is 18.9 Å². The van der Waals surface area contributed by atoms with E-state index in [4.69, 9.17) is 5.73 Å². The molecule has 24 heavy (non-hydrogen) atoms. The lowest BCUT2D eigenvalue weighted by atomic mass is 9.77. The fourth-order valence-electron chi connectivity index (χ4n) is 4.28. The van der Waals surface area contributed by atoms with Crippen LogP contribution >= 0.6 is 0 Å². The van der Waals surface area contributed by atoms with Gasteiger partial charge in [-0.2, -0.15) is 13.2 Å². The van der Waals surface area contributed by atoms with Crippen LogP contribution in [-0.2, 0) is 6.18 Å². The molecular formula is C19H19F3N2. The molecule has 0 spiro atoms. The van der Waals surface area contributed by atoms with E-state index >= 15 is 0 Å². The molecule has 2 aromatic rings. The SMILES string of the molecule is N[C@@H]1C[C@@H]2[C@H](C1)c1cc(C(F)(F)F)ccc1N[C@@H]2c1ccccc1. The third-order valence-electron chi connectivity index (χ3n) is 5.32. The van der Waals surface area contributed by atoms with E-state index in [1.165, 1.54) is 6.07 Å². The first kappa shape index (κ1) is 15.5. The Morgan fingerprint density at radius 1 is 1.00 bits per heavy atom. The number of hydrogen-bond acceptors (Lipinski definition) is 2. The molecule has 1 saturated carbocycles. The Kier molecular flexibility index (Phi) is 3.57. The second-order valence-electron chi connectivity index (χ2n) is 6.83. The standard InChI is InChI=1S/C19H19F3N2/c20-19(21,22)12-6-7-17-15(8-12)14-9-13(23)10-16(14)18(24-17)11-4-2-1-3-5-11/h1-8,13-14,16,18,24H,9-10,23H2/t13-,14+,16+,18+/m0/s1. The van der Waals surface area contributed by atoms with Crippen molar-refractivity contribution in [2.45, 2.75) is 37.0 Å². The number of nitrogens with one attached hydrogen (secondary N) is 1. The molecule has 0 radical (unpaired) electrons. The van der Waals surface area contributed by atoms with Gasteiger partial charge in [-0.1, -0.05) is 30.3 Å². The van der Waals surface area contributed by atoms with Crippen LogP contribution in [0.25, 0.3) is 0 Å². The molecule has 5 heteroatoms. The van der Waals surface area contributed by atoms with Gasteiger partial charge < -0.3 is 11.1 Å². The predicted octanol–water partition coefficient (Wildman–Crippen LogP) is 4.69. The second-order valence-corrected chi connectivity index (χ2v) is 6.83. The molecule has 0 aromatic heterocycles. The Hall–Kier alpha value is -2.01. The fourth-order valence-corrected chi connectivity index (χ4v) is 4.28. The van der Waals surface area contributed by atoms with Gasteiger partial charge in [0.1, 0.15) is 0 Å². The number of alkyl halides is 3. The van der Waals surface area contributed by atoms with E-state index in [0.29, 0.717) is 0 Å². The van der Waals surface area contributed by atoms with Gasteiger partial charge in [-0.15, -0.1) is 0 Å². The molecule has 2 aromatic carbocycles. The lowest BCUT2D eigenvalue weighted by Crippen LogP contribution is -2.29. The van der Waals surface area contributed by atoms with E-state index < -0.39 is 11.7 Å². The normalized spacial score (nSPS) is 28.8. The number of nitrogens with two attached hydrogens (primary N) is 1. The van der Waals surface area contributed by atoms with Crippen molar-refractivity contribution in [2.24, 2.45) is 11.7 Å². The molecule has 0 saturated heterocycles. The maximum atomic E-state index is 13.1.